The van der Waals surface area contributed by atoms with Gasteiger partial charge in [0.05, 0.1) is 4.90 Å². The topological polar surface area (TPSA) is 70.9 Å². The summed E-state index contributed by atoms with van der Waals surface area (Å²) in [5.74, 6) is -0.446. The molecule has 0 unspecified atom stereocenters. The molecule has 3 aromatic carbocycles. The molecule has 0 aliphatic carbocycles. The summed E-state index contributed by atoms with van der Waals surface area (Å²) in [5.41, 5.74) is 10.7. The van der Waals surface area contributed by atoms with Gasteiger partial charge in [-0.2, -0.15) is 0 Å². The number of hydrogen-bond acceptors (Lipinski definition) is 3. The third kappa shape index (κ3) is 4.36. The summed E-state index contributed by atoms with van der Waals surface area (Å²) >= 11 is 1.55. The maximum atomic E-state index is 12.0. The number of nitrogens with one attached hydrogen (secondary N) is 2. The molecule has 4 rings (SSSR count). The Morgan fingerprint density at radius 3 is 2.52 bits per heavy atom. The fourth-order valence-electron chi connectivity index (χ4n) is 3.36. The minimum atomic E-state index is -0.446. The molecule has 0 saturated carbocycles. The number of fused-ring (bicyclic) bond motifs is 1. The second kappa shape index (κ2) is 8.55. The maximum Gasteiger partial charge on any atom is 0.266 e. The Morgan fingerprint density at radius 1 is 1.00 bits per heavy atom. The second-order valence-electron chi connectivity index (χ2n) is 7.02. The summed E-state index contributed by atoms with van der Waals surface area (Å²) in [5, 5.41) is 4.51. The molecule has 0 aliphatic rings. The molecule has 1 heterocycles. The number of nitrogens with two attached hydrogens (primary N) is 1. The minimum absolute atomic E-state index is 0.446. The van der Waals surface area contributed by atoms with Crippen LogP contribution in [0, 0.1) is 6.92 Å². The van der Waals surface area contributed by atoms with Gasteiger partial charge < -0.3 is 16.0 Å². The van der Waals surface area contributed by atoms with Gasteiger partial charge in [0.1, 0.15) is 5.69 Å². The van der Waals surface area contributed by atoms with E-state index < -0.39 is 5.91 Å². The number of carbonyl (C=O) groups is 1. The van der Waals surface area contributed by atoms with Crippen molar-refractivity contribution in [2.75, 3.05) is 0 Å². The third-order valence-corrected chi connectivity index (χ3v) is 6.07. The fraction of sp³-hybridized carbons (Fsp3) is 0.125. The van der Waals surface area contributed by atoms with Crippen molar-refractivity contribution in [2.45, 2.75) is 29.8 Å². The molecule has 5 heteroatoms. The number of rotatable bonds is 7. The number of benzene rings is 3. The summed E-state index contributed by atoms with van der Waals surface area (Å²) in [6.45, 7) is 3.69. The number of carbonyl (C=O) groups excluding carboxylic acids is 1. The van der Waals surface area contributed by atoms with Crippen LogP contribution < -0.4 is 11.1 Å². The molecule has 146 valence electrons. The molecule has 0 fully saturated rings. The van der Waals surface area contributed by atoms with Crippen LogP contribution in [0.5, 0.6) is 0 Å². The Labute approximate surface area is 174 Å². The van der Waals surface area contributed by atoms with Crippen molar-refractivity contribution in [1.29, 1.82) is 0 Å². The van der Waals surface area contributed by atoms with Crippen LogP contribution in [0.25, 0.3) is 10.9 Å². The first kappa shape index (κ1) is 19.3. The fourth-order valence-corrected chi connectivity index (χ4v) is 4.44. The van der Waals surface area contributed by atoms with Gasteiger partial charge in [0.25, 0.3) is 5.91 Å². The lowest BCUT2D eigenvalue weighted by atomic mass is 10.1. The Bertz CT molecular complexity index is 1150. The lowest BCUT2D eigenvalue weighted by Gasteiger charge is -2.08. The molecule has 29 heavy (non-hydrogen) atoms. The van der Waals surface area contributed by atoms with E-state index in [0.717, 1.165) is 39.3 Å². The van der Waals surface area contributed by atoms with Crippen molar-refractivity contribution < 1.29 is 4.79 Å². The van der Waals surface area contributed by atoms with Gasteiger partial charge in [0, 0.05) is 28.9 Å². The Balaban J connectivity index is 1.56. The van der Waals surface area contributed by atoms with Gasteiger partial charge in [0.15, 0.2) is 0 Å². The van der Waals surface area contributed by atoms with Crippen LogP contribution >= 0.6 is 11.8 Å². The molecule has 4 N–H and O–H groups in total. The number of amides is 1. The molecular formula is C24H23N3OS. The van der Waals surface area contributed by atoms with E-state index in [4.69, 9.17) is 5.73 Å². The molecular weight excluding hydrogens is 378 g/mol. The Kier molecular flexibility index (Phi) is 5.69. The molecule has 0 saturated heterocycles. The van der Waals surface area contributed by atoms with E-state index in [0.29, 0.717) is 5.69 Å². The van der Waals surface area contributed by atoms with Gasteiger partial charge in [-0.25, -0.2) is 0 Å². The highest BCUT2D eigenvalue weighted by atomic mass is 32.2. The maximum absolute atomic E-state index is 12.0. The van der Waals surface area contributed by atoms with Crippen molar-refractivity contribution in [1.82, 2.24) is 10.3 Å². The number of hydrogen-bond donors (Lipinski definition) is 3. The standard InChI is InChI=1S/C24H23N3OS/c1-16-7-5-6-8-18(16)15-26-14-17-11-12-20-21(13-17)27-22(24(25)28)23(20)29-19-9-3-2-4-10-19/h2-13,26-27H,14-15H2,1H3,(H2,25,28). The predicted octanol–water partition coefficient (Wildman–Crippen LogP) is 5.02. The molecule has 1 aromatic heterocycles. The first-order chi connectivity index (χ1) is 14.1. The highest BCUT2D eigenvalue weighted by molar-refractivity contribution is 7.99. The quantitative estimate of drug-likeness (QED) is 0.407. The van der Waals surface area contributed by atoms with E-state index in [1.165, 1.54) is 11.1 Å². The summed E-state index contributed by atoms with van der Waals surface area (Å²) in [4.78, 5) is 17.2. The van der Waals surface area contributed by atoms with Gasteiger partial charge in [-0.15, -0.1) is 0 Å². The molecule has 0 aliphatic heterocycles. The first-order valence-electron chi connectivity index (χ1n) is 9.54. The summed E-state index contributed by atoms with van der Waals surface area (Å²) in [6.07, 6.45) is 0. The largest absolute Gasteiger partial charge is 0.364 e. The lowest BCUT2D eigenvalue weighted by molar-refractivity contribution is 0.0993. The summed E-state index contributed by atoms with van der Waals surface area (Å²) in [7, 11) is 0. The molecule has 0 bridgehead atoms. The zero-order valence-corrected chi connectivity index (χ0v) is 17.1. The highest BCUT2D eigenvalue weighted by Crippen LogP contribution is 2.36. The van der Waals surface area contributed by atoms with E-state index in [1.807, 2.05) is 30.3 Å². The van der Waals surface area contributed by atoms with Crippen LogP contribution in [0.2, 0.25) is 0 Å². The molecule has 4 nitrogen and oxygen atoms in total. The minimum Gasteiger partial charge on any atom is -0.364 e. The average molecular weight is 402 g/mol. The van der Waals surface area contributed by atoms with E-state index in [2.05, 4.69) is 59.7 Å². The van der Waals surface area contributed by atoms with E-state index in [-0.39, 0.29) is 0 Å². The second-order valence-corrected chi connectivity index (χ2v) is 8.10. The Hall–Kier alpha value is -3.02. The molecule has 0 radical (unpaired) electrons. The summed E-state index contributed by atoms with van der Waals surface area (Å²) in [6, 6.07) is 24.6. The monoisotopic (exact) mass is 401 g/mol. The van der Waals surface area contributed by atoms with E-state index in [9.17, 15) is 4.79 Å². The van der Waals surface area contributed by atoms with Gasteiger partial charge in [-0.3, -0.25) is 4.79 Å². The third-order valence-electron chi connectivity index (χ3n) is 4.93. The molecule has 0 atom stereocenters. The van der Waals surface area contributed by atoms with Crippen LogP contribution in [-0.2, 0) is 13.1 Å². The first-order valence-corrected chi connectivity index (χ1v) is 10.4. The van der Waals surface area contributed by atoms with Crippen LogP contribution in [0.1, 0.15) is 27.2 Å². The van der Waals surface area contributed by atoms with Crippen molar-refractivity contribution in [3.8, 4) is 0 Å². The van der Waals surface area contributed by atoms with Crippen molar-refractivity contribution in [3.63, 3.8) is 0 Å². The SMILES string of the molecule is Cc1ccccc1CNCc1ccc2c(Sc3ccccc3)c(C(N)=O)[nH]c2c1. The van der Waals surface area contributed by atoms with Crippen molar-refractivity contribution in [2.24, 2.45) is 5.73 Å². The van der Waals surface area contributed by atoms with Crippen LogP contribution in [-0.4, -0.2) is 10.9 Å². The van der Waals surface area contributed by atoms with Gasteiger partial charge in [-0.1, -0.05) is 66.4 Å². The highest BCUT2D eigenvalue weighted by Gasteiger charge is 2.17. The Morgan fingerprint density at radius 2 is 1.76 bits per heavy atom. The predicted molar refractivity (Wildman–Crippen MR) is 119 cm³/mol. The average Bonchev–Trinajstić information content (AvgIpc) is 3.08. The number of aromatic amines is 1. The van der Waals surface area contributed by atoms with Gasteiger partial charge in [0.2, 0.25) is 0 Å². The number of H-pyrrole nitrogens is 1. The number of primary amides is 1. The van der Waals surface area contributed by atoms with Gasteiger partial charge >= 0.3 is 0 Å². The van der Waals surface area contributed by atoms with Crippen LogP contribution in [0.4, 0.5) is 0 Å². The molecule has 4 aromatic rings. The van der Waals surface area contributed by atoms with Gasteiger partial charge in [-0.05, 0) is 41.8 Å². The van der Waals surface area contributed by atoms with E-state index in [1.54, 1.807) is 11.8 Å². The number of aryl methyl sites for hydroxylation is 1. The zero-order chi connectivity index (χ0) is 20.2. The zero-order valence-electron chi connectivity index (χ0n) is 16.2. The van der Waals surface area contributed by atoms with Crippen LogP contribution in [0.15, 0.2) is 82.6 Å². The normalized spacial score (nSPS) is 11.1. The summed E-state index contributed by atoms with van der Waals surface area (Å²) < 4.78 is 0. The van der Waals surface area contributed by atoms with Crippen LogP contribution in [0.3, 0.4) is 0 Å². The number of aromatic nitrogens is 1. The van der Waals surface area contributed by atoms with E-state index >= 15 is 0 Å². The molecule has 1 amide bonds. The smallest absolute Gasteiger partial charge is 0.266 e. The van der Waals surface area contributed by atoms with Crippen molar-refractivity contribution in [3.05, 3.63) is 95.2 Å². The lowest BCUT2D eigenvalue weighted by Crippen LogP contribution is -2.13. The molecule has 0 spiro atoms. The van der Waals surface area contributed by atoms with Crippen molar-refractivity contribution >= 4 is 28.6 Å².